The molecule has 0 radical (unpaired) electrons. The molecule has 9 heteroatoms. The number of hydrogen-bond acceptors (Lipinski definition) is 4. The van der Waals surface area contributed by atoms with Crippen molar-refractivity contribution in [1.29, 1.82) is 10.5 Å². The van der Waals surface area contributed by atoms with Crippen LogP contribution in [0, 0.1) is 45.9 Å². The molecule has 0 fully saturated rings. The van der Waals surface area contributed by atoms with E-state index >= 15 is 0 Å². The van der Waals surface area contributed by atoms with Crippen LogP contribution in [0.1, 0.15) is 0 Å². The van der Waals surface area contributed by atoms with Crippen molar-refractivity contribution in [3.63, 3.8) is 0 Å². The van der Waals surface area contributed by atoms with Gasteiger partial charge in [0.1, 0.15) is 23.4 Å². The highest BCUT2D eigenvalue weighted by atomic mass is 79.9. The molecule has 0 bridgehead atoms. The average molecular weight is 335 g/mol. The molecule has 0 saturated carbocycles. The summed E-state index contributed by atoms with van der Waals surface area (Å²) in [6.07, 6.45) is 0.775. The van der Waals surface area contributed by atoms with E-state index in [4.69, 9.17) is 10.5 Å². The van der Waals surface area contributed by atoms with Gasteiger partial charge >= 0.3 is 0 Å². The van der Waals surface area contributed by atoms with E-state index < -0.39 is 39.0 Å². The molecule has 0 aliphatic heterocycles. The lowest BCUT2D eigenvalue weighted by molar-refractivity contribution is 0.450. The van der Waals surface area contributed by atoms with Gasteiger partial charge in [-0.15, -0.1) is 0 Å². The van der Waals surface area contributed by atoms with E-state index in [-0.39, 0.29) is 0 Å². The highest BCUT2D eigenvalue weighted by Crippen LogP contribution is 2.30. The van der Waals surface area contributed by atoms with E-state index in [0.717, 1.165) is 6.20 Å². The third kappa shape index (κ3) is 2.95. The van der Waals surface area contributed by atoms with Gasteiger partial charge in [-0.3, -0.25) is 5.43 Å². The molecule has 2 N–H and O–H groups in total. The van der Waals surface area contributed by atoms with Crippen LogP contribution < -0.4 is 10.9 Å². The van der Waals surface area contributed by atoms with Crippen LogP contribution in [0.3, 0.4) is 0 Å². The number of hydrazine groups is 1. The summed E-state index contributed by atoms with van der Waals surface area (Å²) in [6.45, 7) is 0. The maximum Gasteiger partial charge on any atom is 0.188 e. The fraction of sp³-hybridized carbons (Fsp3) is 0. The Labute approximate surface area is 113 Å². The van der Waals surface area contributed by atoms with E-state index in [1.165, 1.54) is 12.1 Å². The van der Waals surface area contributed by atoms with Gasteiger partial charge in [0.25, 0.3) is 0 Å². The average Bonchev–Trinajstić information content (AvgIpc) is 2.42. The van der Waals surface area contributed by atoms with Crippen LogP contribution in [0.4, 0.5) is 23.2 Å². The second-order valence-electron chi connectivity index (χ2n) is 3.00. The Morgan fingerprint density at radius 1 is 1.00 bits per heavy atom. The van der Waals surface area contributed by atoms with Crippen LogP contribution in [-0.4, -0.2) is 0 Å². The second kappa shape index (κ2) is 6.07. The molecule has 1 rings (SSSR count). The summed E-state index contributed by atoms with van der Waals surface area (Å²) in [5.41, 5.74) is 2.25. The lowest BCUT2D eigenvalue weighted by Crippen LogP contribution is -2.19. The smallest absolute Gasteiger partial charge is 0.188 e. The Hall–Kier alpha value is -2.26. The van der Waals surface area contributed by atoms with E-state index in [2.05, 4.69) is 15.9 Å². The quantitative estimate of drug-likeness (QED) is 0.293. The number of hydrogen-bond donors (Lipinski definition) is 2. The number of nitrogens with zero attached hydrogens (tertiary/aromatic N) is 2. The summed E-state index contributed by atoms with van der Waals surface area (Å²) in [6, 6.07) is 2.91. The van der Waals surface area contributed by atoms with Crippen molar-refractivity contribution in [2.45, 2.75) is 0 Å². The van der Waals surface area contributed by atoms with Crippen molar-refractivity contribution in [2.24, 2.45) is 0 Å². The van der Waals surface area contributed by atoms with Crippen LogP contribution in [0.2, 0.25) is 0 Å². The topological polar surface area (TPSA) is 71.6 Å². The van der Waals surface area contributed by atoms with Crippen molar-refractivity contribution in [1.82, 2.24) is 5.43 Å². The minimum Gasteiger partial charge on any atom is -0.306 e. The molecule has 19 heavy (non-hydrogen) atoms. The molecule has 0 aliphatic carbocycles. The number of rotatable bonds is 3. The molecular weight excluding hydrogens is 332 g/mol. The van der Waals surface area contributed by atoms with Crippen LogP contribution in [-0.2, 0) is 0 Å². The summed E-state index contributed by atoms with van der Waals surface area (Å²) < 4.78 is 51.9. The van der Waals surface area contributed by atoms with E-state index in [9.17, 15) is 17.6 Å². The maximum absolute atomic E-state index is 13.3. The Kier molecular flexibility index (Phi) is 4.73. The van der Waals surface area contributed by atoms with Gasteiger partial charge in [0.2, 0.25) is 0 Å². The molecule has 0 heterocycles. The largest absolute Gasteiger partial charge is 0.306 e. The van der Waals surface area contributed by atoms with E-state index in [0.29, 0.717) is 0 Å². The molecule has 0 spiro atoms. The summed E-state index contributed by atoms with van der Waals surface area (Å²) in [5, 5.41) is 16.7. The van der Waals surface area contributed by atoms with Crippen LogP contribution in [0.15, 0.2) is 16.2 Å². The number of allylic oxidation sites excluding steroid dienone is 1. The van der Waals surface area contributed by atoms with E-state index in [1.54, 1.807) is 0 Å². The van der Waals surface area contributed by atoms with Crippen LogP contribution in [0.25, 0.3) is 0 Å². The second-order valence-corrected chi connectivity index (χ2v) is 3.79. The zero-order valence-corrected chi connectivity index (χ0v) is 10.4. The van der Waals surface area contributed by atoms with Gasteiger partial charge in [-0.25, -0.2) is 17.6 Å². The first-order valence-electron chi connectivity index (χ1n) is 4.47. The number of halogens is 5. The molecule has 0 amide bonds. The molecule has 0 saturated heterocycles. The first-order chi connectivity index (χ1) is 8.93. The van der Waals surface area contributed by atoms with Gasteiger partial charge in [0.05, 0.1) is 4.47 Å². The number of anilines is 1. The zero-order valence-electron chi connectivity index (χ0n) is 8.86. The van der Waals surface area contributed by atoms with Gasteiger partial charge in [0.15, 0.2) is 23.3 Å². The molecule has 98 valence electrons. The van der Waals surface area contributed by atoms with Gasteiger partial charge < -0.3 is 5.43 Å². The van der Waals surface area contributed by atoms with Gasteiger partial charge in [-0.1, -0.05) is 0 Å². The SMILES string of the molecule is N#CC(C#N)=CNNc1c(F)c(F)c(Br)c(F)c1F. The van der Waals surface area contributed by atoms with Crippen LogP contribution >= 0.6 is 15.9 Å². The minimum atomic E-state index is -1.66. The van der Waals surface area contributed by atoms with Crippen molar-refractivity contribution in [3.8, 4) is 12.1 Å². The predicted molar refractivity (Wildman–Crippen MR) is 60.0 cm³/mol. The molecule has 0 aliphatic rings. The highest BCUT2D eigenvalue weighted by Gasteiger charge is 2.23. The van der Waals surface area contributed by atoms with Crippen LogP contribution in [0.5, 0.6) is 0 Å². The maximum atomic E-state index is 13.3. The van der Waals surface area contributed by atoms with Gasteiger partial charge in [-0.2, -0.15) is 10.5 Å². The Balaban J connectivity index is 3.08. The van der Waals surface area contributed by atoms with E-state index in [1.807, 2.05) is 10.9 Å². The fourth-order valence-electron chi connectivity index (χ4n) is 0.985. The molecular formula is C10H3BrF4N4. The number of nitriles is 2. The lowest BCUT2D eigenvalue weighted by Gasteiger charge is -2.10. The first-order valence-corrected chi connectivity index (χ1v) is 5.26. The summed E-state index contributed by atoms with van der Waals surface area (Å²) >= 11 is 2.35. The molecule has 0 atom stereocenters. The summed E-state index contributed by atoms with van der Waals surface area (Å²) in [5.74, 6) is -6.56. The monoisotopic (exact) mass is 334 g/mol. The minimum absolute atomic E-state index is 0.411. The number of benzene rings is 1. The third-order valence-corrected chi connectivity index (χ3v) is 2.56. The zero-order chi connectivity index (χ0) is 14.6. The van der Waals surface area contributed by atoms with Crippen molar-refractivity contribution in [2.75, 3.05) is 5.43 Å². The summed E-state index contributed by atoms with van der Waals surface area (Å²) in [7, 11) is 0. The lowest BCUT2D eigenvalue weighted by atomic mass is 10.2. The molecule has 1 aromatic rings. The Morgan fingerprint density at radius 3 is 1.89 bits per heavy atom. The third-order valence-electron chi connectivity index (χ3n) is 1.86. The normalized spacial score (nSPS) is 9.21. The predicted octanol–water partition coefficient (Wildman–Crippen LogP) is 2.85. The molecule has 4 nitrogen and oxygen atoms in total. The summed E-state index contributed by atoms with van der Waals surface area (Å²) in [4.78, 5) is 0. The Bertz CT molecular complexity index is 585. The van der Waals surface area contributed by atoms with Crippen molar-refractivity contribution >= 4 is 21.6 Å². The molecule has 1 aromatic carbocycles. The van der Waals surface area contributed by atoms with Crippen molar-refractivity contribution in [3.05, 3.63) is 39.5 Å². The number of nitrogens with one attached hydrogen (secondary N) is 2. The van der Waals surface area contributed by atoms with Gasteiger partial charge in [0, 0.05) is 6.20 Å². The molecule has 0 unspecified atom stereocenters. The van der Waals surface area contributed by atoms with Gasteiger partial charge in [-0.05, 0) is 15.9 Å². The fourth-order valence-corrected chi connectivity index (χ4v) is 1.33. The standard InChI is InChI=1S/C10H3BrF4N4/c11-5-6(12)8(14)10(9(15)7(5)13)19-18-3-4(1-16)2-17/h3,18-19H. The van der Waals surface area contributed by atoms with Crippen molar-refractivity contribution < 1.29 is 17.6 Å². The Morgan fingerprint density at radius 2 is 1.47 bits per heavy atom. The molecule has 0 aromatic heterocycles. The first kappa shape index (κ1) is 14.8. The highest BCUT2D eigenvalue weighted by molar-refractivity contribution is 9.10.